The molecule has 1 aliphatic rings. The van der Waals surface area contributed by atoms with Gasteiger partial charge in [0.2, 0.25) is 0 Å². The number of hydrogen-bond acceptors (Lipinski definition) is 5. The smallest absolute Gasteiger partial charge is 0.294 e. The maximum absolute atomic E-state index is 12.3. The molecule has 108 valence electrons. The highest BCUT2D eigenvalue weighted by Crippen LogP contribution is 2.31. The lowest BCUT2D eigenvalue weighted by atomic mass is 10.1. The quantitative estimate of drug-likeness (QED) is 0.520. The Kier molecular flexibility index (Phi) is 4.10. The van der Waals surface area contributed by atoms with Gasteiger partial charge in [-0.2, -0.15) is 0 Å². The first kappa shape index (κ1) is 14.5. The third-order valence-corrected chi connectivity index (χ3v) is 3.64. The lowest BCUT2D eigenvalue weighted by Crippen LogP contribution is -2.37. The number of anilines is 1. The van der Waals surface area contributed by atoms with E-state index in [2.05, 4.69) is 0 Å². The van der Waals surface area contributed by atoms with Gasteiger partial charge < -0.3 is 15.4 Å². The number of likely N-dealkylation sites (N-methyl/N-ethyl adjacent to an activating group) is 1. The Morgan fingerprint density at radius 2 is 2.30 bits per heavy atom. The van der Waals surface area contributed by atoms with Crippen LogP contribution in [0.4, 0.5) is 11.4 Å². The van der Waals surface area contributed by atoms with E-state index >= 15 is 0 Å². The first-order chi connectivity index (χ1) is 9.41. The number of nitro benzene ring substituents is 1. The zero-order valence-corrected chi connectivity index (χ0v) is 11.6. The van der Waals surface area contributed by atoms with E-state index in [1.807, 2.05) is 0 Å². The van der Waals surface area contributed by atoms with E-state index in [0.29, 0.717) is 13.2 Å². The summed E-state index contributed by atoms with van der Waals surface area (Å²) in [5, 5.41) is 10.9. The van der Waals surface area contributed by atoms with Crippen LogP contribution in [0, 0.1) is 10.1 Å². The van der Waals surface area contributed by atoms with Crippen LogP contribution in [0.15, 0.2) is 12.1 Å². The minimum atomic E-state index is -0.656. The first-order valence-corrected chi connectivity index (χ1v) is 6.38. The van der Waals surface area contributed by atoms with Gasteiger partial charge in [0.15, 0.2) is 0 Å². The SMILES string of the molecule is CN(C(=O)c1cc(Cl)c(N)c([N+](=O)[O-])c1)C1CCOC1. The molecule has 1 heterocycles. The molecule has 8 heteroatoms. The van der Waals surface area contributed by atoms with Crippen molar-refractivity contribution < 1.29 is 14.5 Å². The molecule has 0 radical (unpaired) electrons. The highest BCUT2D eigenvalue weighted by atomic mass is 35.5. The highest BCUT2D eigenvalue weighted by Gasteiger charge is 2.27. The fraction of sp³-hybridized carbons (Fsp3) is 0.417. The number of nitro groups is 1. The molecule has 1 aromatic rings. The molecule has 2 N–H and O–H groups in total. The lowest BCUT2D eigenvalue weighted by molar-refractivity contribution is -0.383. The van der Waals surface area contributed by atoms with Crippen molar-refractivity contribution in [2.45, 2.75) is 12.5 Å². The lowest BCUT2D eigenvalue weighted by Gasteiger charge is -2.23. The number of nitrogen functional groups attached to an aromatic ring is 1. The fourth-order valence-electron chi connectivity index (χ4n) is 2.07. The van der Waals surface area contributed by atoms with Crippen LogP contribution in [-0.2, 0) is 4.74 Å². The second-order valence-electron chi connectivity index (χ2n) is 4.58. The van der Waals surface area contributed by atoms with Crippen molar-refractivity contribution in [1.29, 1.82) is 0 Å². The molecule has 2 rings (SSSR count). The van der Waals surface area contributed by atoms with E-state index in [4.69, 9.17) is 22.1 Å². The summed E-state index contributed by atoms with van der Waals surface area (Å²) >= 11 is 5.85. The first-order valence-electron chi connectivity index (χ1n) is 6.00. The van der Waals surface area contributed by atoms with Gasteiger partial charge in [0, 0.05) is 25.3 Å². The number of halogens is 1. The highest BCUT2D eigenvalue weighted by molar-refractivity contribution is 6.34. The molecule has 1 aliphatic heterocycles. The van der Waals surface area contributed by atoms with Gasteiger partial charge >= 0.3 is 0 Å². The molecule has 1 saturated heterocycles. The normalized spacial score (nSPS) is 18.0. The Balaban J connectivity index is 2.32. The summed E-state index contributed by atoms with van der Waals surface area (Å²) in [4.78, 5) is 24.1. The van der Waals surface area contributed by atoms with Crippen molar-refractivity contribution in [3.05, 3.63) is 32.8 Å². The Morgan fingerprint density at radius 3 is 2.85 bits per heavy atom. The average molecular weight is 300 g/mol. The van der Waals surface area contributed by atoms with Gasteiger partial charge in [-0.05, 0) is 12.5 Å². The van der Waals surface area contributed by atoms with Crippen LogP contribution in [0.25, 0.3) is 0 Å². The molecule has 0 saturated carbocycles. The van der Waals surface area contributed by atoms with Gasteiger partial charge in [-0.15, -0.1) is 0 Å². The predicted octanol–water partition coefficient (Wildman–Crippen LogP) is 1.69. The summed E-state index contributed by atoms with van der Waals surface area (Å²) in [7, 11) is 1.64. The zero-order valence-electron chi connectivity index (χ0n) is 10.8. The monoisotopic (exact) mass is 299 g/mol. The molecular weight excluding hydrogens is 286 g/mol. The molecule has 1 amide bonds. The third-order valence-electron chi connectivity index (χ3n) is 3.33. The number of ether oxygens (including phenoxy) is 1. The van der Waals surface area contributed by atoms with E-state index in [0.717, 1.165) is 12.5 Å². The third kappa shape index (κ3) is 2.68. The van der Waals surface area contributed by atoms with Gasteiger partial charge in [0.1, 0.15) is 5.69 Å². The number of carbonyl (C=O) groups excluding carboxylic acids is 1. The number of hydrogen-bond donors (Lipinski definition) is 1. The molecule has 0 bridgehead atoms. The Morgan fingerprint density at radius 1 is 1.60 bits per heavy atom. The van der Waals surface area contributed by atoms with Gasteiger partial charge in [0.25, 0.3) is 11.6 Å². The summed E-state index contributed by atoms with van der Waals surface area (Å²) in [6.07, 6.45) is 0.743. The van der Waals surface area contributed by atoms with Crippen LogP contribution >= 0.6 is 11.6 Å². The largest absolute Gasteiger partial charge is 0.392 e. The van der Waals surface area contributed by atoms with Crippen molar-refractivity contribution in [2.24, 2.45) is 0 Å². The number of rotatable bonds is 3. The van der Waals surface area contributed by atoms with Crippen LogP contribution in [0.3, 0.4) is 0 Å². The fourth-order valence-corrected chi connectivity index (χ4v) is 2.29. The molecule has 1 aromatic carbocycles. The number of benzene rings is 1. The van der Waals surface area contributed by atoms with E-state index in [-0.39, 0.29) is 33.9 Å². The molecule has 1 atom stereocenters. The topological polar surface area (TPSA) is 98.7 Å². The Bertz CT molecular complexity index is 558. The summed E-state index contributed by atoms with van der Waals surface area (Å²) < 4.78 is 5.22. The van der Waals surface area contributed by atoms with Crippen LogP contribution in [0.5, 0.6) is 0 Å². The van der Waals surface area contributed by atoms with Crippen LogP contribution in [0.1, 0.15) is 16.8 Å². The van der Waals surface area contributed by atoms with E-state index in [1.54, 1.807) is 7.05 Å². The van der Waals surface area contributed by atoms with Crippen molar-refractivity contribution in [3.8, 4) is 0 Å². The number of nitrogens with zero attached hydrogens (tertiary/aromatic N) is 2. The maximum Gasteiger partial charge on any atom is 0.294 e. The van der Waals surface area contributed by atoms with Gasteiger partial charge in [-0.3, -0.25) is 14.9 Å². The molecule has 1 unspecified atom stereocenters. The predicted molar refractivity (Wildman–Crippen MR) is 73.8 cm³/mol. The molecule has 0 aromatic heterocycles. The molecule has 0 aliphatic carbocycles. The number of nitrogens with two attached hydrogens (primary N) is 1. The van der Waals surface area contributed by atoms with Crippen molar-refractivity contribution in [2.75, 3.05) is 26.0 Å². The summed E-state index contributed by atoms with van der Waals surface area (Å²) in [5.41, 5.74) is 5.17. The van der Waals surface area contributed by atoms with Crippen LogP contribution in [-0.4, -0.2) is 42.0 Å². The second kappa shape index (κ2) is 5.64. The zero-order chi connectivity index (χ0) is 14.9. The summed E-state index contributed by atoms with van der Waals surface area (Å²) in [6, 6.07) is 2.46. The molecule has 20 heavy (non-hydrogen) atoms. The van der Waals surface area contributed by atoms with Gasteiger partial charge in [0.05, 0.1) is 22.6 Å². The van der Waals surface area contributed by atoms with Gasteiger partial charge in [-0.1, -0.05) is 11.6 Å². The van der Waals surface area contributed by atoms with E-state index in [9.17, 15) is 14.9 Å². The minimum Gasteiger partial charge on any atom is -0.392 e. The number of amides is 1. The molecular formula is C12H14ClN3O4. The average Bonchev–Trinajstić information content (AvgIpc) is 2.93. The van der Waals surface area contributed by atoms with Gasteiger partial charge in [-0.25, -0.2) is 0 Å². The Hall–Kier alpha value is -1.86. The standard InChI is InChI=1S/C12H14ClN3O4/c1-15(8-2-3-20-6-8)12(17)7-4-9(13)11(14)10(5-7)16(18)19/h4-5,8H,2-3,6,14H2,1H3. The Labute approximate surface area is 120 Å². The minimum absolute atomic E-state index is 0.00128. The van der Waals surface area contributed by atoms with Crippen molar-refractivity contribution in [1.82, 2.24) is 4.90 Å². The number of carbonyl (C=O) groups is 1. The molecule has 7 nitrogen and oxygen atoms in total. The van der Waals surface area contributed by atoms with Crippen molar-refractivity contribution >= 4 is 28.9 Å². The van der Waals surface area contributed by atoms with E-state index < -0.39 is 4.92 Å². The second-order valence-corrected chi connectivity index (χ2v) is 4.99. The maximum atomic E-state index is 12.3. The van der Waals surface area contributed by atoms with Crippen molar-refractivity contribution in [3.63, 3.8) is 0 Å². The molecule has 0 spiro atoms. The summed E-state index contributed by atoms with van der Waals surface area (Å²) in [6.45, 7) is 1.07. The molecule has 1 fully saturated rings. The van der Waals surface area contributed by atoms with E-state index in [1.165, 1.54) is 11.0 Å². The van der Waals surface area contributed by atoms with Crippen LogP contribution in [0.2, 0.25) is 5.02 Å². The van der Waals surface area contributed by atoms with Crippen LogP contribution < -0.4 is 5.73 Å². The summed E-state index contributed by atoms with van der Waals surface area (Å²) in [5.74, 6) is -0.342.